The van der Waals surface area contributed by atoms with Crippen LogP contribution in [0.3, 0.4) is 0 Å². The highest BCUT2D eigenvalue weighted by Gasteiger charge is 2.38. The van der Waals surface area contributed by atoms with Crippen molar-refractivity contribution in [3.8, 4) is 22.6 Å². The summed E-state index contributed by atoms with van der Waals surface area (Å²) in [6.45, 7) is 2.13. The van der Waals surface area contributed by atoms with Crippen molar-refractivity contribution in [3.05, 3.63) is 90.6 Å². The van der Waals surface area contributed by atoms with Gasteiger partial charge in [-0.3, -0.25) is 0 Å². The normalized spacial score (nSPS) is 14.8. The van der Waals surface area contributed by atoms with Crippen molar-refractivity contribution in [2.24, 2.45) is 0 Å². The van der Waals surface area contributed by atoms with Crippen LogP contribution < -0.4 is 13.1 Å². The lowest BCUT2D eigenvalue weighted by Gasteiger charge is -2.10. The Bertz CT molecular complexity index is 1110. The van der Waals surface area contributed by atoms with Gasteiger partial charge in [0.2, 0.25) is 0 Å². The van der Waals surface area contributed by atoms with Crippen molar-refractivity contribution in [3.63, 3.8) is 0 Å². The molecule has 4 aromatic rings. The standard InChI is InChI=1S/C12H10O.C11H9NO.Al.H/c13-12-8-6-11(7-9-12)10-4-2-1-3-5-10;1-8-5-6-9-3-2-4-10-11(9)12(8)7-13-10;;/h1-9,13H;2-7H,1H3;;/q;2*+1;/p-1. The lowest BCUT2D eigenvalue weighted by atomic mass is 10.1. The van der Waals surface area contributed by atoms with Gasteiger partial charge in [-0.25, -0.2) is 0 Å². The Kier molecular flexibility index (Phi) is 4.09. The van der Waals surface area contributed by atoms with Crippen LogP contribution in [0.1, 0.15) is 10.8 Å². The fourth-order valence-electron chi connectivity index (χ4n) is 3.71. The molecule has 2 heterocycles. The molecular formula is C23H19AlNO2+. The van der Waals surface area contributed by atoms with Crippen LogP contribution in [-0.2, 0) is 0 Å². The van der Waals surface area contributed by atoms with E-state index in [1.54, 1.807) is 0 Å². The van der Waals surface area contributed by atoms with Gasteiger partial charge in [0.05, 0.1) is 11.1 Å². The second kappa shape index (κ2) is 6.74. The van der Waals surface area contributed by atoms with Gasteiger partial charge in [0.1, 0.15) is 0 Å². The van der Waals surface area contributed by atoms with E-state index in [1.807, 2.05) is 18.2 Å². The Labute approximate surface area is 164 Å². The maximum absolute atomic E-state index is 6.22. The topological polar surface area (TPSA) is 22.3 Å². The number of nitrogens with zero attached hydrogens (tertiary/aromatic N) is 1. The van der Waals surface area contributed by atoms with Gasteiger partial charge in [0, 0.05) is 13.0 Å². The summed E-state index contributed by atoms with van der Waals surface area (Å²) in [5.41, 5.74) is 4.80. The predicted molar refractivity (Wildman–Crippen MR) is 108 cm³/mol. The Balaban J connectivity index is 1.35. The first-order valence-corrected chi connectivity index (χ1v) is 10.6. The average molecular weight is 368 g/mol. The number of rotatable bonds is 4. The largest absolute Gasteiger partial charge is 0.683 e. The molecule has 0 saturated carbocycles. The molecule has 0 saturated heterocycles. The molecule has 27 heavy (non-hydrogen) atoms. The summed E-state index contributed by atoms with van der Waals surface area (Å²) < 4.78 is 14.7. The lowest BCUT2D eigenvalue weighted by molar-refractivity contribution is -0.703. The molecule has 0 spiro atoms. The zero-order chi connectivity index (χ0) is 18.2. The number of para-hydroxylation sites is 1. The van der Waals surface area contributed by atoms with Crippen LogP contribution in [0, 0.1) is 6.92 Å². The summed E-state index contributed by atoms with van der Waals surface area (Å²) in [7, 11) is 0. The molecule has 1 aliphatic rings. The van der Waals surface area contributed by atoms with Crippen LogP contribution in [0.15, 0.2) is 84.9 Å². The van der Waals surface area contributed by atoms with Gasteiger partial charge in [-0.1, -0.05) is 48.5 Å². The summed E-state index contributed by atoms with van der Waals surface area (Å²) in [6.07, 6.45) is 0. The average Bonchev–Trinajstić information content (AvgIpc) is 3.11. The van der Waals surface area contributed by atoms with Gasteiger partial charge >= 0.3 is 15.6 Å². The monoisotopic (exact) mass is 368 g/mol. The number of pyridine rings is 1. The van der Waals surface area contributed by atoms with Gasteiger partial charge in [0.25, 0.3) is 10.6 Å². The molecule has 1 unspecified atom stereocenters. The number of aromatic nitrogens is 1. The molecule has 0 aliphatic carbocycles. The van der Waals surface area contributed by atoms with Crippen molar-refractivity contribution < 1.29 is 13.1 Å². The Morgan fingerprint density at radius 1 is 0.815 bits per heavy atom. The summed E-state index contributed by atoms with van der Waals surface area (Å²) in [4.78, 5) is 0. The molecule has 0 amide bonds. The third-order valence-corrected chi connectivity index (χ3v) is 6.38. The van der Waals surface area contributed by atoms with E-state index in [0.29, 0.717) is 0 Å². The van der Waals surface area contributed by atoms with E-state index in [1.165, 1.54) is 27.7 Å². The molecular weight excluding hydrogens is 349 g/mol. The van der Waals surface area contributed by atoms with E-state index in [4.69, 9.17) is 8.53 Å². The van der Waals surface area contributed by atoms with Gasteiger partial charge in [-0.15, -0.1) is 0 Å². The number of ether oxygens (including phenoxy) is 1. The predicted octanol–water partition coefficient (Wildman–Crippen LogP) is 4.38. The van der Waals surface area contributed by atoms with Crippen LogP contribution in [0.2, 0.25) is 0 Å². The molecule has 0 radical (unpaired) electrons. The minimum atomic E-state index is -0.973. The highest BCUT2D eigenvalue weighted by Crippen LogP contribution is 2.31. The first-order chi connectivity index (χ1) is 13.3. The zero-order valence-corrected chi connectivity index (χ0v) is 16.5. The Hall–Kier alpha value is -2.80. The van der Waals surface area contributed by atoms with Crippen LogP contribution in [0.25, 0.3) is 22.0 Å². The third-order valence-electron chi connectivity index (χ3n) is 5.06. The maximum atomic E-state index is 6.22. The second-order valence-corrected chi connectivity index (χ2v) is 8.13. The molecule has 1 atom stereocenters. The SMILES string of the molecule is Cc1ccc2cccc3c2[n+]1[CH]([AlH][O]c1ccc(-c2ccccc2)cc1)O3. The molecule has 1 aromatic heterocycles. The molecule has 0 N–H and O–H groups in total. The van der Waals surface area contributed by atoms with Gasteiger partial charge in [0.15, 0.2) is 11.4 Å². The highest BCUT2D eigenvalue weighted by molar-refractivity contribution is 6.28. The Morgan fingerprint density at radius 2 is 1.59 bits per heavy atom. The molecule has 4 heteroatoms. The van der Waals surface area contributed by atoms with E-state index in [0.717, 1.165) is 11.5 Å². The van der Waals surface area contributed by atoms with Gasteiger partial charge < -0.3 is 8.53 Å². The smallest absolute Gasteiger partial charge is 0.639 e. The van der Waals surface area contributed by atoms with Crippen molar-refractivity contribution in [2.45, 2.75) is 12.0 Å². The fraction of sp³-hybridized carbons (Fsp3) is 0.0870. The van der Waals surface area contributed by atoms with E-state index in [2.05, 4.69) is 78.2 Å². The minimum absolute atomic E-state index is 0.0140. The molecule has 0 bridgehead atoms. The summed E-state index contributed by atoms with van der Waals surface area (Å²) in [6, 6.07) is 29.2. The molecule has 1 aliphatic heterocycles. The van der Waals surface area contributed by atoms with Crippen molar-refractivity contribution in [2.75, 3.05) is 0 Å². The molecule has 3 aromatic carbocycles. The fourth-order valence-corrected chi connectivity index (χ4v) is 5.11. The molecule has 0 fully saturated rings. The number of hydrogen-bond acceptors (Lipinski definition) is 2. The van der Waals surface area contributed by atoms with Crippen molar-refractivity contribution in [1.82, 2.24) is 0 Å². The molecule has 5 rings (SSSR count). The number of benzene rings is 3. The number of aryl methyl sites for hydroxylation is 1. The van der Waals surface area contributed by atoms with Gasteiger partial charge in [-0.05, 0) is 41.5 Å². The summed E-state index contributed by atoms with van der Waals surface area (Å²) >= 11 is -0.973. The third kappa shape index (κ3) is 2.98. The van der Waals surface area contributed by atoms with E-state index < -0.39 is 15.6 Å². The minimum Gasteiger partial charge on any atom is -0.639 e. The van der Waals surface area contributed by atoms with Crippen LogP contribution in [0.5, 0.6) is 11.5 Å². The second-order valence-electron chi connectivity index (χ2n) is 6.81. The van der Waals surface area contributed by atoms with E-state index in [-0.39, 0.29) is 5.09 Å². The lowest BCUT2D eigenvalue weighted by Crippen LogP contribution is -2.46. The molecule has 130 valence electrons. The highest BCUT2D eigenvalue weighted by atomic mass is 27.1. The van der Waals surface area contributed by atoms with E-state index in [9.17, 15) is 0 Å². The summed E-state index contributed by atoms with van der Waals surface area (Å²) in [5.74, 6) is 1.86. The van der Waals surface area contributed by atoms with Crippen molar-refractivity contribution in [1.29, 1.82) is 0 Å². The van der Waals surface area contributed by atoms with E-state index >= 15 is 0 Å². The zero-order valence-electron chi connectivity index (χ0n) is 15.1. The van der Waals surface area contributed by atoms with Gasteiger partial charge in [-0.2, -0.15) is 4.57 Å². The number of hydrogen-bond donors (Lipinski definition) is 0. The van der Waals surface area contributed by atoms with Crippen LogP contribution >= 0.6 is 0 Å². The summed E-state index contributed by atoms with van der Waals surface area (Å²) in [5, 5.41) is 1.20. The maximum Gasteiger partial charge on any atom is 0.683 e. The van der Waals surface area contributed by atoms with Crippen molar-refractivity contribution >= 4 is 26.5 Å². The Morgan fingerprint density at radius 3 is 2.41 bits per heavy atom. The first kappa shape index (κ1) is 16.4. The van der Waals surface area contributed by atoms with Crippen LogP contribution in [0.4, 0.5) is 0 Å². The molecule has 3 nitrogen and oxygen atoms in total. The first-order valence-electron chi connectivity index (χ1n) is 9.18. The quantitative estimate of drug-likeness (QED) is 0.394. The van der Waals surface area contributed by atoms with Crippen LogP contribution in [-0.4, -0.2) is 15.6 Å².